The molecular weight excluding hydrogens is 342 g/mol. The minimum absolute atomic E-state index is 0.0413. The van der Waals surface area contributed by atoms with Gasteiger partial charge in [0.25, 0.3) is 0 Å². The number of aliphatic hydroxyl groups excluding tert-OH is 1. The highest BCUT2D eigenvalue weighted by Gasteiger charge is 2.49. The summed E-state index contributed by atoms with van der Waals surface area (Å²) in [5.74, 6) is -0.0413. The summed E-state index contributed by atoms with van der Waals surface area (Å²) in [7, 11) is -3.27. The topological polar surface area (TPSA) is 94.9 Å². The normalized spacial score (nSPS) is 29.1. The van der Waals surface area contributed by atoms with E-state index >= 15 is 0 Å². The Morgan fingerprint density at radius 1 is 1.20 bits per heavy atom. The van der Waals surface area contributed by atoms with Crippen molar-refractivity contribution in [3.8, 4) is 0 Å². The fraction of sp³-hybridized carbons (Fsp3) is 0.611. The van der Waals surface area contributed by atoms with Gasteiger partial charge in [-0.05, 0) is 43.9 Å². The van der Waals surface area contributed by atoms with Gasteiger partial charge in [0.2, 0.25) is 5.91 Å². The van der Waals surface area contributed by atoms with Crippen LogP contribution in [0.4, 0.5) is 0 Å². The van der Waals surface area contributed by atoms with Crippen LogP contribution in [0.1, 0.15) is 38.2 Å². The number of piperidine rings is 1. The Kier molecular flexibility index (Phi) is 4.46. The van der Waals surface area contributed by atoms with E-state index in [1.165, 1.54) is 0 Å². The smallest absolute Gasteiger partial charge is 0.233 e. The second-order valence-corrected chi connectivity index (χ2v) is 9.62. The molecule has 0 spiro atoms. The average molecular weight is 367 g/mol. The lowest BCUT2D eigenvalue weighted by molar-refractivity contribution is -0.154. The molecule has 1 saturated carbocycles. The summed E-state index contributed by atoms with van der Waals surface area (Å²) in [5.41, 5.74) is -0.984. The van der Waals surface area contributed by atoms with Crippen LogP contribution in [0.3, 0.4) is 0 Å². The van der Waals surface area contributed by atoms with Crippen molar-refractivity contribution in [2.45, 2.75) is 54.6 Å². The van der Waals surface area contributed by atoms with Gasteiger partial charge in [0.15, 0.2) is 9.84 Å². The second kappa shape index (κ2) is 6.07. The highest BCUT2D eigenvalue weighted by molar-refractivity contribution is 7.90. The molecule has 1 heterocycles. The standard InChI is InChI=1S/C18H25NO5S/c1-17(22)10-11-19(12-15(17)20)16(21)18(8-3-9-18)13-4-6-14(7-5-13)25(2,23)24/h4-7,15,20,22H,3,8-12H2,1-2H3. The number of hydrogen-bond acceptors (Lipinski definition) is 5. The Balaban J connectivity index is 1.85. The number of benzene rings is 1. The van der Waals surface area contributed by atoms with Crippen LogP contribution in [0.25, 0.3) is 0 Å². The summed E-state index contributed by atoms with van der Waals surface area (Å²) < 4.78 is 23.3. The van der Waals surface area contributed by atoms with Gasteiger partial charge >= 0.3 is 0 Å². The molecule has 2 atom stereocenters. The summed E-state index contributed by atoms with van der Waals surface area (Å²) in [6.45, 7) is 2.11. The fourth-order valence-corrected chi connectivity index (χ4v) is 4.32. The number of nitrogens with zero attached hydrogens (tertiary/aromatic N) is 1. The largest absolute Gasteiger partial charge is 0.388 e. The quantitative estimate of drug-likeness (QED) is 0.826. The summed E-state index contributed by atoms with van der Waals surface area (Å²) >= 11 is 0. The first-order valence-electron chi connectivity index (χ1n) is 8.57. The lowest BCUT2D eigenvalue weighted by atomic mass is 9.63. The number of hydrogen-bond donors (Lipinski definition) is 2. The maximum Gasteiger partial charge on any atom is 0.233 e. The molecule has 1 amide bonds. The first kappa shape index (κ1) is 18.4. The molecule has 1 aromatic rings. The maximum absolute atomic E-state index is 13.2. The molecule has 138 valence electrons. The molecule has 25 heavy (non-hydrogen) atoms. The average Bonchev–Trinajstić information content (AvgIpc) is 2.48. The molecule has 2 fully saturated rings. The Morgan fingerprint density at radius 2 is 1.80 bits per heavy atom. The number of sulfone groups is 1. The van der Waals surface area contributed by atoms with Crippen molar-refractivity contribution in [1.29, 1.82) is 0 Å². The van der Waals surface area contributed by atoms with Crippen molar-refractivity contribution in [3.05, 3.63) is 29.8 Å². The van der Waals surface area contributed by atoms with Gasteiger partial charge in [-0.25, -0.2) is 8.42 Å². The Morgan fingerprint density at radius 3 is 2.24 bits per heavy atom. The van der Waals surface area contributed by atoms with E-state index in [4.69, 9.17) is 0 Å². The zero-order chi connectivity index (χ0) is 18.5. The van der Waals surface area contributed by atoms with Crippen molar-refractivity contribution in [3.63, 3.8) is 0 Å². The molecule has 2 unspecified atom stereocenters. The van der Waals surface area contributed by atoms with Crippen LogP contribution >= 0.6 is 0 Å². The van der Waals surface area contributed by atoms with Gasteiger partial charge in [-0.1, -0.05) is 18.6 Å². The van der Waals surface area contributed by atoms with Gasteiger partial charge in [0, 0.05) is 19.3 Å². The third-order valence-electron chi connectivity index (χ3n) is 5.74. The van der Waals surface area contributed by atoms with Gasteiger partial charge in [-0.2, -0.15) is 0 Å². The maximum atomic E-state index is 13.2. The molecule has 0 radical (unpaired) electrons. The number of likely N-dealkylation sites (tertiary alicyclic amines) is 1. The predicted molar refractivity (Wildman–Crippen MR) is 92.9 cm³/mol. The molecule has 1 aromatic carbocycles. The number of aliphatic hydroxyl groups is 2. The van der Waals surface area contributed by atoms with E-state index in [1.54, 1.807) is 36.1 Å². The highest BCUT2D eigenvalue weighted by atomic mass is 32.2. The zero-order valence-corrected chi connectivity index (χ0v) is 15.4. The van der Waals surface area contributed by atoms with E-state index in [0.29, 0.717) is 25.8 Å². The molecule has 1 saturated heterocycles. The van der Waals surface area contributed by atoms with Crippen molar-refractivity contribution in [1.82, 2.24) is 4.90 Å². The van der Waals surface area contributed by atoms with Crippen molar-refractivity contribution in [2.24, 2.45) is 0 Å². The SMILES string of the molecule is CC1(O)CCN(C(=O)C2(c3ccc(S(C)(=O)=O)cc3)CCC2)CC1O. The van der Waals surface area contributed by atoms with Crippen molar-refractivity contribution >= 4 is 15.7 Å². The van der Waals surface area contributed by atoms with E-state index in [1.807, 2.05) is 0 Å². The first-order chi connectivity index (χ1) is 11.6. The molecule has 2 aliphatic rings. The van der Waals surface area contributed by atoms with Gasteiger partial charge in [0.1, 0.15) is 0 Å². The summed E-state index contributed by atoms with van der Waals surface area (Å²) in [4.78, 5) is 15.0. The minimum atomic E-state index is -3.27. The molecule has 0 bridgehead atoms. The van der Waals surface area contributed by atoms with Crippen LogP contribution in [0, 0.1) is 0 Å². The van der Waals surface area contributed by atoms with E-state index in [0.717, 1.165) is 18.2 Å². The third kappa shape index (κ3) is 3.20. The molecule has 1 aliphatic heterocycles. The first-order valence-corrected chi connectivity index (χ1v) is 10.5. The third-order valence-corrected chi connectivity index (χ3v) is 6.87. The van der Waals surface area contributed by atoms with E-state index in [-0.39, 0.29) is 17.3 Å². The van der Waals surface area contributed by atoms with Gasteiger partial charge < -0.3 is 15.1 Å². The molecule has 3 rings (SSSR count). The number of β-amino-alcohol motifs (C(OH)–C–C–N with tert-alkyl or cyclic N) is 1. The van der Waals surface area contributed by atoms with E-state index in [2.05, 4.69) is 0 Å². The molecule has 2 N–H and O–H groups in total. The number of amides is 1. The predicted octanol–water partition coefficient (Wildman–Crippen LogP) is 0.856. The summed E-state index contributed by atoms with van der Waals surface area (Å²) in [5, 5.41) is 20.2. The van der Waals surface area contributed by atoms with Crippen molar-refractivity contribution in [2.75, 3.05) is 19.3 Å². The lowest BCUT2D eigenvalue weighted by Crippen LogP contribution is -2.60. The number of carbonyl (C=O) groups excluding carboxylic acids is 1. The van der Waals surface area contributed by atoms with Crippen LogP contribution in [-0.2, 0) is 20.0 Å². The molecule has 6 nitrogen and oxygen atoms in total. The monoisotopic (exact) mass is 367 g/mol. The molecule has 1 aliphatic carbocycles. The van der Waals surface area contributed by atoms with Gasteiger partial charge in [-0.15, -0.1) is 0 Å². The minimum Gasteiger partial charge on any atom is -0.388 e. The van der Waals surface area contributed by atoms with Gasteiger partial charge in [-0.3, -0.25) is 4.79 Å². The zero-order valence-electron chi connectivity index (χ0n) is 14.6. The summed E-state index contributed by atoms with van der Waals surface area (Å²) in [6, 6.07) is 6.55. The van der Waals surface area contributed by atoms with Crippen LogP contribution in [0.5, 0.6) is 0 Å². The van der Waals surface area contributed by atoms with E-state index in [9.17, 15) is 23.4 Å². The highest BCUT2D eigenvalue weighted by Crippen LogP contribution is 2.46. The Labute approximate surface area is 148 Å². The van der Waals surface area contributed by atoms with Crippen LogP contribution < -0.4 is 0 Å². The fourth-order valence-electron chi connectivity index (χ4n) is 3.69. The molecule has 7 heteroatoms. The van der Waals surface area contributed by atoms with Crippen molar-refractivity contribution < 1.29 is 23.4 Å². The number of carbonyl (C=O) groups is 1. The van der Waals surface area contributed by atoms with Crippen LogP contribution in [0.2, 0.25) is 0 Å². The second-order valence-electron chi connectivity index (χ2n) is 7.61. The Bertz CT molecular complexity index is 765. The Hall–Kier alpha value is -1.44. The molecule has 0 aromatic heterocycles. The number of rotatable bonds is 3. The van der Waals surface area contributed by atoms with E-state index < -0.39 is 27.0 Å². The molecular formula is C18H25NO5S. The van der Waals surface area contributed by atoms with Crippen LogP contribution in [-0.4, -0.2) is 60.5 Å². The summed E-state index contributed by atoms with van der Waals surface area (Å²) in [6.07, 6.45) is 2.90. The van der Waals surface area contributed by atoms with Crippen LogP contribution in [0.15, 0.2) is 29.2 Å². The van der Waals surface area contributed by atoms with Gasteiger partial charge in [0.05, 0.1) is 22.0 Å². The lowest BCUT2D eigenvalue weighted by Gasteiger charge is -2.47.